The Kier molecular flexibility index (Phi) is 5.97. The van der Waals surface area contributed by atoms with Gasteiger partial charge in [0.25, 0.3) is 0 Å². The molecule has 0 amide bonds. The van der Waals surface area contributed by atoms with Crippen molar-refractivity contribution in [1.82, 2.24) is 4.72 Å². The normalized spacial score (nSPS) is 18.0. The van der Waals surface area contributed by atoms with Gasteiger partial charge < -0.3 is 15.2 Å². The van der Waals surface area contributed by atoms with Gasteiger partial charge in [0.1, 0.15) is 4.90 Å². The Balaban J connectivity index is 2.26. The van der Waals surface area contributed by atoms with Gasteiger partial charge in [0.15, 0.2) is 0 Å². The molecule has 0 aliphatic carbocycles. The fourth-order valence-corrected chi connectivity index (χ4v) is 3.71. The zero-order valence-electron chi connectivity index (χ0n) is 13.0. The highest BCUT2D eigenvalue weighted by Crippen LogP contribution is 2.24. The van der Waals surface area contributed by atoms with Gasteiger partial charge in [0.05, 0.1) is 17.4 Å². The van der Waals surface area contributed by atoms with Crippen molar-refractivity contribution in [3.05, 3.63) is 23.8 Å². The van der Waals surface area contributed by atoms with E-state index in [-0.39, 0.29) is 16.6 Å². The van der Waals surface area contributed by atoms with Gasteiger partial charge in [-0.3, -0.25) is 0 Å². The summed E-state index contributed by atoms with van der Waals surface area (Å²) in [4.78, 5) is 11.1. The zero-order valence-corrected chi connectivity index (χ0v) is 13.9. The standard InChI is InChI=1S/C15H22N2O5S/c1-2-7-17-23(20,21)14-9-11(15(18)19)5-6-13(14)16-10-12-4-3-8-22-12/h5-6,9,12,16-17H,2-4,7-8,10H2,1H3,(H,18,19)/t12-/m0/s1. The number of aromatic carboxylic acids is 1. The number of ether oxygens (including phenoxy) is 1. The Hall–Kier alpha value is -1.64. The second-order valence-electron chi connectivity index (χ2n) is 5.43. The lowest BCUT2D eigenvalue weighted by Gasteiger charge is -2.16. The van der Waals surface area contributed by atoms with Crippen molar-refractivity contribution in [3.63, 3.8) is 0 Å². The summed E-state index contributed by atoms with van der Waals surface area (Å²) in [6, 6.07) is 4.05. The van der Waals surface area contributed by atoms with Crippen LogP contribution in [0.3, 0.4) is 0 Å². The van der Waals surface area contributed by atoms with Crippen molar-refractivity contribution in [3.8, 4) is 0 Å². The average Bonchev–Trinajstić information content (AvgIpc) is 3.04. The van der Waals surface area contributed by atoms with Gasteiger partial charge in [0.2, 0.25) is 10.0 Å². The maximum atomic E-state index is 12.4. The molecule has 0 unspecified atom stereocenters. The minimum atomic E-state index is -3.77. The Morgan fingerprint density at radius 3 is 2.83 bits per heavy atom. The van der Waals surface area contributed by atoms with E-state index in [1.807, 2.05) is 6.92 Å². The first-order chi connectivity index (χ1) is 10.9. The topological polar surface area (TPSA) is 105 Å². The number of carboxylic acid groups (broad SMARTS) is 1. The molecule has 1 atom stereocenters. The monoisotopic (exact) mass is 342 g/mol. The van der Waals surface area contributed by atoms with Crippen LogP contribution in [0.15, 0.2) is 23.1 Å². The van der Waals surface area contributed by atoms with E-state index in [4.69, 9.17) is 9.84 Å². The Morgan fingerprint density at radius 2 is 2.22 bits per heavy atom. The van der Waals surface area contributed by atoms with Crippen molar-refractivity contribution in [2.45, 2.75) is 37.2 Å². The minimum absolute atomic E-state index is 0.0494. The number of benzene rings is 1. The van der Waals surface area contributed by atoms with Crippen LogP contribution in [0, 0.1) is 0 Å². The van der Waals surface area contributed by atoms with Crippen LogP contribution in [-0.2, 0) is 14.8 Å². The lowest BCUT2D eigenvalue weighted by atomic mass is 10.2. The second-order valence-corrected chi connectivity index (χ2v) is 7.17. The maximum Gasteiger partial charge on any atom is 0.335 e. The van der Waals surface area contributed by atoms with Crippen LogP contribution in [-0.4, -0.2) is 45.3 Å². The molecule has 0 radical (unpaired) electrons. The molecule has 3 N–H and O–H groups in total. The largest absolute Gasteiger partial charge is 0.478 e. The van der Waals surface area contributed by atoms with E-state index in [1.54, 1.807) is 0 Å². The van der Waals surface area contributed by atoms with E-state index in [0.29, 0.717) is 31.8 Å². The van der Waals surface area contributed by atoms with E-state index in [1.165, 1.54) is 18.2 Å². The average molecular weight is 342 g/mol. The van der Waals surface area contributed by atoms with E-state index in [9.17, 15) is 13.2 Å². The van der Waals surface area contributed by atoms with Crippen molar-refractivity contribution < 1.29 is 23.1 Å². The molecule has 1 aliphatic heterocycles. The molecule has 7 nitrogen and oxygen atoms in total. The molecule has 1 saturated heterocycles. The molecule has 1 aromatic rings. The van der Waals surface area contributed by atoms with E-state index < -0.39 is 16.0 Å². The Bertz CT molecular complexity index is 654. The van der Waals surface area contributed by atoms with Crippen LogP contribution in [0.5, 0.6) is 0 Å². The van der Waals surface area contributed by atoms with Gasteiger partial charge >= 0.3 is 5.97 Å². The Labute approximate surface area is 136 Å². The maximum absolute atomic E-state index is 12.4. The summed E-state index contributed by atoms with van der Waals surface area (Å²) < 4.78 is 32.8. The van der Waals surface area contributed by atoms with Crippen molar-refractivity contribution in [1.29, 1.82) is 0 Å². The molecule has 23 heavy (non-hydrogen) atoms. The van der Waals surface area contributed by atoms with Crippen molar-refractivity contribution in [2.24, 2.45) is 0 Å². The molecule has 1 aromatic carbocycles. The number of hydrogen-bond donors (Lipinski definition) is 3. The third-order valence-electron chi connectivity index (χ3n) is 3.60. The molecule has 0 bridgehead atoms. The van der Waals surface area contributed by atoms with Gasteiger partial charge in [0, 0.05) is 19.7 Å². The van der Waals surface area contributed by atoms with Crippen LogP contribution in [0.2, 0.25) is 0 Å². The molecular weight excluding hydrogens is 320 g/mol. The highest BCUT2D eigenvalue weighted by molar-refractivity contribution is 7.89. The van der Waals surface area contributed by atoms with Gasteiger partial charge in [-0.2, -0.15) is 0 Å². The molecule has 8 heteroatoms. The lowest BCUT2D eigenvalue weighted by molar-refractivity contribution is 0.0696. The smallest absolute Gasteiger partial charge is 0.335 e. The SMILES string of the molecule is CCCNS(=O)(=O)c1cc(C(=O)O)ccc1NC[C@@H]1CCCO1. The lowest BCUT2D eigenvalue weighted by Crippen LogP contribution is -2.27. The number of nitrogens with one attached hydrogen (secondary N) is 2. The summed E-state index contributed by atoms with van der Waals surface area (Å²) in [7, 11) is -3.77. The van der Waals surface area contributed by atoms with E-state index in [2.05, 4.69) is 10.0 Å². The third kappa shape index (κ3) is 4.66. The predicted octanol–water partition coefficient (Wildman–Crippen LogP) is 1.66. The first-order valence-corrected chi connectivity index (χ1v) is 9.15. The van der Waals surface area contributed by atoms with Crippen molar-refractivity contribution in [2.75, 3.05) is 25.0 Å². The first-order valence-electron chi connectivity index (χ1n) is 7.66. The van der Waals surface area contributed by atoms with Gasteiger partial charge in [-0.1, -0.05) is 6.92 Å². The fourth-order valence-electron chi connectivity index (χ4n) is 2.37. The van der Waals surface area contributed by atoms with Crippen LogP contribution < -0.4 is 10.0 Å². The van der Waals surface area contributed by atoms with Gasteiger partial charge in [-0.15, -0.1) is 0 Å². The van der Waals surface area contributed by atoms with Crippen LogP contribution in [0.25, 0.3) is 0 Å². The van der Waals surface area contributed by atoms with Crippen LogP contribution >= 0.6 is 0 Å². The molecule has 1 aliphatic rings. The van der Waals surface area contributed by atoms with Crippen molar-refractivity contribution >= 4 is 21.7 Å². The summed E-state index contributed by atoms with van der Waals surface area (Å²) in [6.07, 6.45) is 2.62. The number of carbonyl (C=O) groups is 1. The number of hydrogen-bond acceptors (Lipinski definition) is 5. The van der Waals surface area contributed by atoms with Crippen LogP contribution in [0.4, 0.5) is 5.69 Å². The molecule has 2 rings (SSSR count). The highest BCUT2D eigenvalue weighted by Gasteiger charge is 2.22. The number of anilines is 1. The van der Waals surface area contributed by atoms with Gasteiger partial charge in [-0.05, 0) is 37.5 Å². The zero-order chi connectivity index (χ0) is 16.9. The fraction of sp³-hybridized carbons (Fsp3) is 0.533. The molecule has 128 valence electrons. The van der Waals surface area contributed by atoms with E-state index in [0.717, 1.165) is 12.8 Å². The summed E-state index contributed by atoms with van der Waals surface area (Å²) in [5.74, 6) is -1.16. The first kappa shape index (κ1) is 17.7. The highest BCUT2D eigenvalue weighted by atomic mass is 32.2. The van der Waals surface area contributed by atoms with Crippen LogP contribution in [0.1, 0.15) is 36.5 Å². The minimum Gasteiger partial charge on any atom is -0.478 e. The molecule has 0 aromatic heterocycles. The molecule has 0 saturated carbocycles. The summed E-state index contributed by atoms with van der Waals surface area (Å²) in [5, 5.41) is 12.2. The third-order valence-corrected chi connectivity index (χ3v) is 5.11. The molecule has 1 heterocycles. The summed E-state index contributed by atoms with van der Waals surface area (Å²) in [5.41, 5.74) is 0.318. The second kappa shape index (κ2) is 7.76. The molecule has 0 spiro atoms. The predicted molar refractivity (Wildman–Crippen MR) is 86.3 cm³/mol. The van der Waals surface area contributed by atoms with Gasteiger partial charge in [-0.25, -0.2) is 17.9 Å². The number of rotatable bonds is 8. The summed E-state index contributed by atoms with van der Waals surface area (Å²) >= 11 is 0. The molecule has 1 fully saturated rings. The summed E-state index contributed by atoms with van der Waals surface area (Å²) in [6.45, 7) is 3.35. The quantitative estimate of drug-likeness (QED) is 0.664. The number of carboxylic acids is 1. The molecular formula is C15H22N2O5S. The van der Waals surface area contributed by atoms with E-state index >= 15 is 0 Å². The Morgan fingerprint density at radius 1 is 1.43 bits per heavy atom. The number of sulfonamides is 1.